The molecule has 1 radical (unpaired) electrons. The molecule has 0 aliphatic heterocycles. The standard InChI is InChI=1S/C15H11BNO2/c18-16-19-15-10-12(8-9-17-15)14-7-3-5-11-4-1-2-6-13(11)14/h1-10,18H. The molecule has 0 saturated carbocycles. The molecule has 1 heterocycles. The first-order valence-corrected chi connectivity index (χ1v) is 5.95. The van der Waals surface area contributed by atoms with Gasteiger partial charge in [-0.3, -0.25) is 0 Å². The molecule has 4 heteroatoms. The molecule has 0 fully saturated rings. The van der Waals surface area contributed by atoms with Crippen molar-refractivity contribution in [3.8, 4) is 17.0 Å². The summed E-state index contributed by atoms with van der Waals surface area (Å²) >= 11 is 0. The topological polar surface area (TPSA) is 42.4 Å². The number of hydrogen-bond donors (Lipinski definition) is 1. The second kappa shape index (κ2) is 5.12. The van der Waals surface area contributed by atoms with Gasteiger partial charge in [0.2, 0.25) is 0 Å². The first-order valence-electron chi connectivity index (χ1n) is 5.95. The molecular formula is C15H11BNO2. The number of hydrogen-bond acceptors (Lipinski definition) is 3. The quantitative estimate of drug-likeness (QED) is 0.724. The zero-order valence-corrected chi connectivity index (χ0v) is 10.2. The molecule has 0 atom stereocenters. The number of fused-ring (bicyclic) bond motifs is 1. The van der Waals surface area contributed by atoms with Gasteiger partial charge in [-0.2, -0.15) is 0 Å². The van der Waals surface area contributed by atoms with Crippen LogP contribution < -0.4 is 4.65 Å². The number of benzene rings is 2. The smallest absolute Gasteiger partial charge is 0.523 e. The summed E-state index contributed by atoms with van der Waals surface area (Å²) in [5, 5.41) is 11.0. The zero-order valence-electron chi connectivity index (χ0n) is 10.2. The van der Waals surface area contributed by atoms with Gasteiger partial charge in [0.05, 0.1) is 0 Å². The van der Waals surface area contributed by atoms with Crippen molar-refractivity contribution in [1.82, 2.24) is 4.98 Å². The summed E-state index contributed by atoms with van der Waals surface area (Å²) in [5.74, 6) is 0.368. The van der Waals surface area contributed by atoms with Gasteiger partial charge in [0.25, 0.3) is 0 Å². The largest absolute Gasteiger partial charge is 0.570 e. The molecule has 3 rings (SSSR count). The summed E-state index contributed by atoms with van der Waals surface area (Å²) < 4.78 is 4.90. The predicted molar refractivity (Wildman–Crippen MR) is 75.8 cm³/mol. The Kier molecular flexibility index (Phi) is 3.17. The Morgan fingerprint density at radius 1 is 1.00 bits per heavy atom. The fourth-order valence-corrected chi connectivity index (χ4v) is 2.17. The lowest BCUT2D eigenvalue weighted by atomic mass is 9.99. The molecule has 1 aromatic heterocycles. The third kappa shape index (κ3) is 2.30. The minimum Gasteiger partial charge on any atom is -0.523 e. The van der Waals surface area contributed by atoms with E-state index >= 15 is 0 Å². The average molecular weight is 248 g/mol. The lowest BCUT2D eigenvalue weighted by Crippen LogP contribution is -2.01. The molecule has 0 aliphatic carbocycles. The highest BCUT2D eigenvalue weighted by atomic mass is 16.5. The van der Waals surface area contributed by atoms with Gasteiger partial charge in [0.1, 0.15) is 0 Å². The van der Waals surface area contributed by atoms with Crippen LogP contribution in [-0.2, 0) is 0 Å². The maximum absolute atomic E-state index is 8.67. The van der Waals surface area contributed by atoms with Gasteiger partial charge < -0.3 is 9.68 Å². The first-order chi connectivity index (χ1) is 9.38. The van der Waals surface area contributed by atoms with E-state index < -0.39 is 0 Å². The molecule has 0 unspecified atom stereocenters. The lowest BCUT2D eigenvalue weighted by molar-refractivity contribution is 0.443. The Bertz CT molecular complexity index is 710. The van der Waals surface area contributed by atoms with E-state index in [1.807, 2.05) is 24.3 Å². The highest BCUT2D eigenvalue weighted by Crippen LogP contribution is 2.29. The predicted octanol–water partition coefficient (Wildman–Crippen LogP) is 2.81. The van der Waals surface area contributed by atoms with Gasteiger partial charge in [-0.15, -0.1) is 0 Å². The highest BCUT2D eigenvalue weighted by molar-refractivity contribution is 6.17. The fraction of sp³-hybridized carbons (Fsp3) is 0. The summed E-state index contributed by atoms with van der Waals surface area (Å²) in [7, 11) is 0.634. The van der Waals surface area contributed by atoms with Gasteiger partial charge in [-0.1, -0.05) is 42.5 Å². The average Bonchev–Trinajstić information content (AvgIpc) is 2.47. The molecule has 0 bridgehead atoms. The van der Waals surface area contributed by atoms with Crippen LogP contribution in [0.3, 0.4) is 0 Å². The van der Waals surface area contributed by atoms with Gasteiger partial charge in [0, 0.05) is 12.3 Å². The molecule has 0 saturated heterocycles. The van der Waals surface area contributed by atoms with Crippen LogP contribution in [0, 0.1) is 0 Å². The summed E-state index contributed by atoms with van der Waals surface area (Å²) in [6.07, 6.45) is 1.66. The second-order valence-electron chi connectivity index (χ2n) is 4.13. The van der Waals surface area contributed by atoms with Crippen LogP contribution in [-0.4, -0.2) is 17.7 Å². The Labute approximate surface area is 111 Å². The van der Waals surface area contributed by atoms with Crippen LogP contribution in [0.2, 0.25) is 0 Å². The highest BCUT2D eigenvalue weighted by Gasteiger charge is 2.05. The van der Waals surface area contributed by atoms with E-state index in [2.05, 4.69) is 29.2 Å². The van der Waals surface area contributed by atoms with Crippen LogP contribution in [0.25, 0.3) is 21.9 Å². The summed E-state index contributed by atoms with van der Waals surface area (Å²) in [5.41, 5.74) is 2.12. The second-order valence-corrected chi connectivity index (χ2v) is 4.13. The van der Waals surface area contributed by atoms with Crippen LogP contribution in [0.5, 0.6) is 5.88 Å². The van der Waals surface area contributed by atoms with Crippen molar-refractivity contribution < 1.29 is 9.68 Å². The Morgan fingerprint density at radius 2 is 1.84 bits per heavy atom. The van der Waals surface area contributed by atoms with Crippen LogP contribution in [0.15, 0.2) is 60.8 Å². The number of aromatic nitrogens is 1. The molecule has 0 amide bonds. The zero-order chi connectivity index (χ0) is 13.1. The van der Waals surface area contributed by atoms with Gasteiger partial charge >= 0.3 is 7.69 Å². The third-order valence-electron chi connectivity index (χ3n) is 3.01. The summed E-state index contributed by atoms with van der Waals surface area (Å²) in [4.78, 5) is 4.02. The Balaban J connectivity index is 2.16. The number of nitrogens with zero attached hydrogens (tertiary/aromatic N) is 1. The summed E-state index contributed by atoms with van der Waals surface area (Å²) in [6, 6.07) is 18.1. The molecule has 0 spiro atoms. The van der Waals surface area contributed by atoms with E-state index in [0.717, 1.165) is 11.1 Å². The Hall–Kier alpha value is -2.33. The molecule has 3 aromatic rings. The molecular weight excluding hydrogens is 237 g/mol. The molecule has 0 aliphatic rings. The van der Waals surface area contributed by atoms with E-state index in [0.29, 0.717) is 13.6 Å². The monoisotopic (exact) mass is 248 g/mol. The van der Waals surface area contributed by atoms with Crippen molar-refractivity contribution in [2.75, 3.05) is 0 Å². The van der Waals surface area contributed by atoms with Gasteiger partial charge in [-0.25, -0.2) is 4.98 Å². The van der Waals surface area contributed by atoms with E-state index in [4.69, 9.17) is 9.68 Å². The maximum atomic E-state index is 8.67. The normalized spacial score (nSPS) is 10.4. The lowest BCUT2D eigenvalue weighted by Gasteiger charge is -2.08. The SMILES string of the molecule is O[B]Oc1cc(-c2cccc3ccccc23)ccn1. The van der Waals surface area contributed by atoms with E-state index in [9.17, 15) is 0 Å². The van der Waals surface area contributed by atoms with E-state index in [-0.39, 0.29) is 0 Å². The summed E-state index contributed by atoms with van der Waals surface area (Å²) in [6.45, 7) is 0. The first kappa shape index (κ1) is 11.7. The van der Waals surface area contributed by atoms with Crippen molar-refractivity contribution in [2.45, 2.75) is 0 Å². The van der Waals surface area contributed by atoms with Crippen molar-refractivity contribution in [1.29, 1.82) is 0 Å². The van der Waals surface area contributed by atoms with Crippen LogP contribution >= 0.6 is 0 Å². The van der Waals surface area contributed by atoms with E-state index in [1.165, 1.54) is 10.8 Å². The van der Waals surface area contributed by atoms with Crippen LogP contribution in [0.4, 0.5) is 0 Å². The minimum absolute atomic E-state index is 0.368. The molecule has 19 heavy (non-hydrogen) atoms. The Morgan fingerprint density at radius 3 is 2.74 bits per heavy atom. The van der Waals surface area contributed by atoms with Crippen molar-refractivity contribution in [2.24, 2.45) is 0 Å². The van der Waals surface area contributed by atoms with Gasteiger partial charge in [-0.05, 0) is 28.0 Å². The van der Waals surface area contributed by atoms with E-state index in [1.54, 1.807) is 12.3 Å². The number of pyridine rings is 1. The molecule has 2 aromatic carbocycles. The minimum atomic E-state index is 0.368. The maximum Gasteiger partial charge on any atom is 0.570 e. The molecule has 1 N–H and O–H groups in total. The molecule has 3 nitrogen and oxygen atoms in total. The van der Waals surface area contributed by atoms with Crippen molar-refractivity contribution >= 4 is 18.5 Å². The fourth-order valence-electron chi connectivity index (χ4n) is 2.17. The molecule has 91 valence electrons. The van der Waals surface area contributed by atoms with Crippen molar-refractivity contribution in [3.63, 3.8) is 0 Å². The van der Waals surface area contributed by atoms with Crippen LogP contribution in [0.1, 0.15) is 0 Å². The van der Waals surface area contributed by atoms with Gasteiger partial charge in [0.15, 0.2) is 5.88 Å². The third-order valence-corrected chi connectivity index (χ3v) is 3.01. The van der Waals surface area contributed by atoms with Crippen molar-refractivity contribution in [3.05, 3.63) is 60.8 Å². The number of rotatable bonds is 3.